The number of carbonyl (C=O) groups is 1. The highest BCUT2D eigenvalue weighted by atomic mass is 32.1. The molecule has 0 saturated heterocycles. The van der Waals surface area contributed by atoms with Crippen LogP contribution in [0.5, 0.6) is 11.5 Å². The standard InChI is InChI=1S/C28H24N2O5S2/c1-4-35-27(32)22-23(17-10-6-5-7-11-17)29-28-30(26(31)21(37-28)16-18-12-9-15-36-18)24(22)19-13-8-14-20(33-2)25(19)34-3/h5-16,24H,4H2,1-3H3. The minimum absolute atomic E-state index is 0.176. The van der Waals surface area contributed by atoms with Crippen molar-refractivity contribution < 1.29 is 19.0 Å². The average Bonchev–Trinajstić information content (AvgIpc) is 3.55. The first-order valence-corrected chi connectivity index (χ1v) is 13.3. The average molecular weight is 533 g/mol. The molecule has 37 heavy (non-hydrogen) atoms. The number of ether oxygens (including phenoxy) is 3. The Kier molecular flexibility index (Phi) is 7.07. The monoisotopic (exact) mass is 532 g/mol. The summed E-state index contributed by atoms with van der Waals surface area (Å²) in [5.41, 5.74) is 1.80. The maximum atomic E-state index is 13.9. The van der Waals surface area contributed by atoms with E-state index in [1.54, 1.807) is 36.0 Å². The summed E-state index contributed by atoms with van der Waals surface area (Å²) in [4.78, 5) is 33.8. The lowest BCUT2D eigenvalue weighted by Crippen LogP contribution is -2.40. The highest BCUT2D eigenvalue weighted by molar-refractivity contribution is 7.11. The molecule has 0 fully saturated rings. The van der Waals surface area contributed by atoms with Gasteiger partial charge in [-0.05, 0) is 30.5 Å². The predicted molar refractivity (Wildman–Crippen MR) is 145 cm³/mol. The van der Waals surface area contributed by atoms with Gasteiger partial charge in [0.05, 0.1) is 36.6 Å². The van der Waals surface area contributed by atoms with Crippen LogP contribution < -0.4 is 24.4 Å². The van der Waals surface area contributed by atoms with Crippen molar-refractivity contribution in [2.45, 2.75) is 13.0 Å². The zero-order valence-electron chi connectivity index (χ0n) is 20.5. The number of para-hydroxylation sites is 1. The van der Waals surface area contributed by atoms with E-state index in [9.17, 15) is 9.59 Å². The molecule has 0 radical (unpaired) electrons. The van der Waals surface area contributed by atoms with Crippen LogP contribution >= 0.6 is 22.7 Å². The van der Waals surface area contributed by atoms with Crippen molar-refractivity contribution in [2.75, 3.05) is 20.8 Å². The van der Waals surface area contributed by atoms with Gasteiger partial charge < -0.3 is 14.2 Å². The quantitative estimate of drug-likeness (QED) is 0.336. The van der Waals surface area contributed by atoms with Gasteiger partial charge in [-0.1, -0.05) is 59.9 Å². The fourth-order valence-electron chi connectivity index (χ4n) is 4.36. The molecule has 0 N–H and O–H groups in total. The van der Waals surface area contributed by atoms with Crippen molar-refractivity contribution in [3.63, 3.8) is 0 Å². The Balaban J connectivity index is 1.89. The lowest BCUT2D eigenvalue weighted by molar-refractivity contribution is -0.138. The lowest BCUT2D eigenvalue weighted by atomic mass is 9.92. The summed E-state index contributed by atoms with van der Waals surface area (Å²) in [7, 11) is 3.08. The van der Waals surface area contributed by atoms with Gasteiger partial charge in [0.25, 0.3) is 5.56 Å². The Hall–Kier alpha value is -3.95. The molecule has 1 aliphatic heterocycles. The van der Waals surface area contributed by atoms with E-state index in [0.29, 0.717) is 32.1 Å². The maximum Gasteiger partial charge on any atom is 0.338 e. The molecule has 7 nitrogen and oxygen atoms in total. The summed E-state index contributed by atoms with van der Waals surface area (Å²) < 4.78 is 18.9. The van der Waals surface area contributed by atoms with E-state index in [1.807, 2.05) is 66.1 Å². The number of methoxy groups -OCH3 is 2. The molecule has 188 valence electrons. The van der Waals surface area contributed by atoms with E-state index >= 15 is 0 Å². The van der Waals surface area contributed by atoms with E-state index in [-0.39, 0.29) is 17.7 Å². The number of rotatable bonds is 7. The highest BCUT2D eigenvalue weighted by Gasteiger charge is 2.37. The van der Waals surface area contributed by atoms with Crippen molar-refractivity contribution in [3.8, 4) is 11.5 Å². The summed E-state index contributed by atoms with van der Waals surface area (Å²) >= 11 is 2.83. The molecule has 1 aliphatic rings. The Bertz CT molecular complexity index is 1650. The van der Waals surface area contributed by atoms with Crippen molar-refractivity contribution in [1.82, 2.24) is 4.57 Å². The SMILES string of the molecule is CCOC(=O)C1=C(c2ccccc2)N=c2sc(=Cc3cccs3)c(=O)n2C1c1cccc(OC)c1OC. The fourth-order valence-corrected chi connectivity index (χ4v) is 6.09. The molecule has 2 aromatic carbocycles. The molecule has 1 unspecified atom stereocenters. The number of benzene rings is 2. The smallest absolute Gasteiger partial charge is 0.338 e. The Labute approximate surface area is 221 Å². The Morgan fingerprint density at radius 2 is 1.86 bits per heavy atom. The summed E-state index contributed by atoms with van der Waals surface area (Å²) in [5, 5.41) is 1.96. The van der Waals surface area contributed by atoms with Crippen molar-refractivity contribution in [2.24, 2.45) is 4.99 Å². The zero-order chi connectivity index (χ0) is 25.9. The number of hydrogen-bond donors (Lipinski definition) is 0. The molecule has 0 aliphatic carbocycles. The lowest BCUT2D eigenvalue weighted by Gasteiger charge is -2.27. The molecule has 0 bridgehead atoms. The van der Waals surface area contributed by atoms with Crippen LogP contribution in [0.4, 0.5) is 0 Å². The topological polar surface area (TPSA) is 79.1 Å². The second kappa shape index (κ2) is 10.6. The molecule has 0 saturated carbocycles. The van der Waals surface area contributed by atoms with Gasteiger partial charge in [0, 0.05) is 16.0 Å². The number of esters is 1. The number of nitrogens with zero attached hydrogens (tertiary/aromatic N) is 2. The summed E-state index contributed by atoms with van der Waals surface area (Å²) in [6.07, 6.45) is 1.85. The van der Waals surface area contributed by atoms with Crippen LogP contribution in [-0.4, -0.2) is 31.4 Å². The van der Waals surface area contributed by atoms with E-state index in [4.69, 9.17) is 19.2 Å². The van der Waals surface area contributed by atoms with Crippen LogP contribution in [0.25, 0.3) is 11.8 Å². The molecule has 2 aromatic heterocycles. The van der Waals surface area contributed by atoms with Crippen molar-refractivity contribution in [1.29, 1.82) is 0 Å². The minimum Gasteiger partial charge on any atom is -0.493 e. The molecule has 0 amide bonds. The van der Waals surface area contributed by atoms with Gasteiger partial charge in [-0.2, -0.15) is 0 Å². The normalized spacial score (nSPS) is 15.2. The van der Waals surface area contributed by atoms with E-state index in [2.05, 4.69) is 0 Å². The molecular formula is C28H24N2O5S2. The first kappa shape index (κ1) is 24.7. The van der Waals surface area contributed by atoms with E-state index in [0.717, 1.165) is 10.4 Å². The second-order valence-corrected chi connectivity index (χ2v) is 10.0. The fraction of sp³-hybridized carbons (Fsp3) is 0.179. The van der Waals surface area contributed by atoms with Gasteiger partial charge >= 0.3 is 5.97 Å². The van der Waals surface area contributed by atoms with Crippen LogP contribution in [-0.2, 0) is 9.53 Å². The third-order valence-electron chi connectivity index (χ3n) is 5.92. The third kappa shape index (κ3) is 4.52. The molecule has 1 atom stereocenters. The number of thiophene rings is 1. The second-order valence-electron chi connectivity index (χ2n) is 8.03. The molecule has 4 aromatic rings. The van der Waals surface area contributed by atoms with Gasteiger partial charge in [0.2, 0.25) is 0 Å². The van der Waals surface area contributed by atoms with Crippen molar-refractivity contribution >= 4 is 40.4 Å². The number of carbonyl (C=O) groups excluding carboxylic acids is 1. The number of hydrogen-bond acceptors (Lipinski definition) is 8. The number of aromatic nitrogens is 1. The van der Waals surface area contributed by atoms with Gasteiger partial charge in [-0.3, -0.25) is 9.36 Å². The van der Waals surface area contributed by atoms with Crippen LogP contribution in [0.15, 0.2) is 81.4 Å². The number of thiazole rings is 1. The Morgan fingerprint density at radius 3 is 2.54 bits per heavy atom. The summed E-state index contributed by atoms with van der Waals surface area (Å²) in [5.74, 6) is 0.369. The van der Waals surface area contributed by atoms with Crippen LogP contribution in [0, 0.1) is 0 Å². The first-order valence-electron chi connectivity index (χ1n) is 11.6. The van der Waals surface area contributed by atoms with Gasteiger partial charge in [0.1, 0.15) is 6.04 Å². The molecule has 0 spiro atoms. The highest BCUT2D eigenvalue weighted by Crippen LogP contribution is 2.42. The van der Waals surface area contributed by atoms with Crippen LogP contribution in [0.3, 0.4) is 0 Å². The van der Waals surface area contributed by atoms with E-state index < -0.39 is 12.0 Å². The number of fused-ring (bicyclic) bond motifs is 1. The summed E-state index contributed by atoms with van der Waals surface area (Å²) in [6.45, 7) is 1.92. The van der Waals surface area contributed by atoms with Crippen molar-refractivity contribution in [3.05, 3.63) is 107 Å². The van der Waals surface area contributed by atoms with Crippen LogP contribution in [0.1, 0.15) is 29.0 Å². The van der Waals surface area contributed by atoms with Gasteiger partial charge in [-0.15, -0.1) is 11.3 Å². The zero-order valence-corrected chi connectivity index (χ0v) is 22.1. The summed E-state index contributed by atoms with van der Waals surface area (Å²) in [6, 6.07) is 17.9. The van der Waals surface area contributed by atoms with Gasteiger partial charge in [0.15, 0.2) is 16.3 Å². The van der Waals surface area contributed by atoms with Crippen LogP contribution in [0.2, 0.25) is 0 Å². The molecule has 3 heterocycles. The molecule has 5 rings (SSSR count). The minimum atomic E-state index is -0.846. The maximum absolute atomic E-state index is 13.9. The molecular weight excluding hydrogens is 508 g/mol. The third-order valence-corrected chi connectivity index (χ3v) is 7.72. The largest absolute Gasteiger partial charge is 0.493 e. The van der Waals surface area contributed by atoms with E-state index in [1.165, 1.54) is 18.4 Å². The molecule has 9 heteroatoms. The first-order chi connectivity index (χ1) is 18.1. The predicted octanol–water partition coefficient (Wildman–Crippen LogP) is 4.01. The van der Waals surface area contributed by atoms with Gasteiger partial charge in [-0.25, -0.2) is 9.79 Å². The Morgan fingerprint density at radius 1 is 1.05 bits per heavy atom.